The Morgan fingerprint density at radius 2 is 1.96 bits per heavy atom. The summed E-state index contributed by atoms with van der Waals surface area (Å²) in [5, 5.41) is 5.97. The Labute approximate surface area is 166 Å². The van der Waals surface area contributed by atoms with Crippen molar-refractivity contribution < 1.29 is 9.53 Å². The van der Waals surface area contributed by atoms with Gasteiger partial charge in [-0.25, -0.2) is 4.98 Å². The fourth-order valence-electron chi connectivity index (χ4n) is 1.97. The maximum absolute atomic E-state index is 12.0. The van der Waals surface area contributed by atoms with Crippen LogP contribution in [0.2, 0.25) is 10.0 Å². The van der Waals surface area contributed by atoms with Gasteiger partial charge in [0.25, 0.3) is 5.91 Å². The normalized spacial score (nSPS) is 10.5. The summed E-state index contributed by atoms with van der Waals surface area (Å²) in [7, 11) is 0. The minimum Gasteiger partial charge on any atom is -0.482 e. The average molecular weight is 458 g/mol. The number of hydrogen-bond acceptors (Lipinski definition) is 4. The van der Waals surface area contributed by atoms with Gasteiger partial charge in [0, 0.05) is 26.5 Å². The quantitative estimate of drug-likeness (QED) is 0.519. The van der Waals surface area contributed by atoms with Crippen LogP contribution in [-0.2, 0) is 4.79 Å². The molecular formula is C17H11BrCl2N2O2S. The van der Waals surface area contributed by atoms with Gasteiger partial charge in [0.05, 0.1) is 10.7 Å². The van der Waals surface area contributed by atoms with Gasteiger partial charge in [-0.15, -0.1) is 11.3 Å². The molecule has 0 unspecified atom stereocenters. The average Bonchev–Trinajstić information content (AvgIpc) is 3.05. The minimum absolute atomic E-state index is 0.187. The van der Waals surface area contributed by atoms with Gasteiger partial charge in [0.1, 0.15) is 5.75 Å². The third-order valence-corrected chi connectivity index (χ3v) is 4.98. The van der Waals surface area contributed by atoms with Crippen molar-refractivity contribution in [1.29, 1.82) is 0 Å². The van der Waals surface area contributed by atoms with E-state index < -0.39 is 0 Å². The maximum Gasteiger partial charge on any atom is 0.264 e. The van der Waals surface area contributed by atoms with Crippen LogP contribution in [0.25, 0.3) is 11.3 Å². The Balaban J connectivity index is 1.60. The molecule has 0 fully saturated rings. The van der Waals surface area contributed by atoms with Gasteiger partial charge in [0.2, 0.25) is 0 Å². The second-order valence-corrected chi connectivity index (χ2v) is 7.57. The first-order valence-corrected chi connectivity index (χ1v) is 9.53. The van der Waals surface area contributed by atoms with Crippen LogP contribution in [0.3, 0.4) is 0 Å². The van der Waals surface area contributed by atoms with Gasteiger partial charge >= 0.3 is 0 Å². The summed E-state index contributed by atoms with van der Waals surface area (Å²) >= 11 is 16.6. The highest BCUT2D eigenvalue weighted by Crippen LogP contribution is 2.28. The molecule has 0 spiro atoms. The number of anilines is 1. The number of ether oxygens (including phenoxy) is 1. The van der Waals surface area contributed by atoms with E-state index >= 15 is 0 Å². The maximum atomic E-state index is 12.0. The molecule has 1 aromatic heterocycles. The zero-order chi connectivity index (χ0) is 17.8. The van der Waals surface area contributed by atoms with E-state index in [1.54, 1.807) is 18.2 Å². The molecule has 2 aromatic carbocycles. The lowest BCUT2D eigenvalue weighted by atomic mass is 10.2. The molecule has 0 bridgehead atoms. The molecule has 128 valence electrons. The number of halogens is 3. The third-order valence-electron chi connectivity index (χ3n) is 3.14. The standard InChI is InChI=1S/C17H11BrCl2N2O2S/c18-11-3-1-10(2-4-11)14-9-25-17(21-14)22-16(23)8-24-15-7-12(19)5-6-13(15)20/h1-7,9H,8H2,(H,21,22,23). The van der Waals surface area contributed by atoms with Crippen molar-refractivity contribution >= 4 is 61.5 Å². The van der Waals surface area contributed by atoms with E-state index in [4.69, 9.17) is 27.9 Å². The lowest BCUT2D eigenvalue weighted by molar-refractivity contribution is -0.118. The van der Waals surface area contributed by atoms with Crippen molar-refractivity contribution in [2.45, 2.75) is 0 Å². The van der Waals surface area contributed by atoms with Crippen LogP contribution in [0.1, 0.15) is 0 Å². The van der Waals surface area contributed by atoms with Gasteiger partial charge in [0.15, 0.2) is 11.7 Å². The lowest BCUT2D eigenvalue weighted by Crippen LogP contribution is -2.20. The number of amides is 1. The molecule has 0 atom stereocenters. The second kappa shape index (κ2) is 8.19. The van der Waals surface area contributed by atoms with Crippen molar-refractivity contribution in [2.24, 2.45) is 0 Å². The summed E-state index contributed by atoms with van der Waals surface area (Å²) in [4.78, 5) is 16.4. The summed E-state index contributed by atoms with van der Waals surface area (Å²) in [5.41, 5.74) is 1.77. The molecule has 4 nitrogen and oxygen atoms in total. The summed E-state index contributed by atoms with van der Waals surface area (Å²) in [6.45, 7) is -0.187. The van der Waals surface area contributed by atoms with Gasteiger partial charge in [-0.05, 0) is 24.3 Å². The molecule has 0 aliphatic heterocycles. The number of carbonyl (C=O) groups excluding carboxylic acids is 1. The molecule has 0 aliphatic carbocycles. The van der Waals surface area contributed by atoms with Crippen LogP contribution in [-0.4, -0.2) is 17.5 Å². The molecular weight excluding hydrogens is 447 g/mol. The van der Waals surface area contributed by atoms with E-state index in [-0.39, 0.29) is 12.5 Å². The van der Waals surface area contributed by atoms with E-state index in [2.05, 4.69) is 26.2 Å². The molecule has 3 rings (SSSR count). The van der Waals surface area contributed by atoms with Crippen molar-refractivity contribution in [3.63, 3.8) is 0 Å². The molecule has 1 amide bonds. The Kier molecular flexibility index (Phi) is 5.96. The zero-order valence-corrected chi connectivity index (χ0v) is 16.5. The molecule has 0 radical (unpaired) electrons. The summed E-state index contributed by atoms with van der Waals surface area (Å²) in [6.07, 6.45) is 0. The van der Waals surface area contributed by atoms with Gasteiger partial charge in [-0.2, -0.15) is 0 Å². The molecule has 8 heteroatoms. The first-order valence-electron chi connectivity index (χ1n) is 7.10. The molecule has 3 aromatic rings. The molecule has 0 saturated heterocycles. The van der Waals surface area contributed by atoms with Crippen LogP contribution >= 0.6 is 50.5 Å². The van der Waals surface area contributed by atoms with Crippen LogP contribution in [0, 0.1) is 0 Å². The number of benzene rings is 2. The minimum atomic E-state index is -0.326. The molecule has 1 N–H and O–H groups in total. The third kappa shape index (κ3) is 4.95. The van der Waals surface area contributed by atoms with Crippen molar-refractivity contribution in [3.05, 3.63) is 62.4 Å². The van der Waals surface area contributed by atoms with Gasteiger partial charge in [-0.3, -0.25) is 10.1 Å². The van der Waals surface area contributed by atoms with Gasteiger partial charge < -0.3 is 4.74 Å². The first-order chi connectivity index (χ1) is 12.0. The van der Waals surface area contributed by atoms with Crippen molar-refractivity contribution in [3.8, 4) is 17.0 Å². The highest BCUT2D eigenvalue weighted by molar-refractivity contribution is 9.10. The van der Waals surface area contributed by atoms with Crippen LogP contribution in [0.15, 0.2) is 52.3 Å². The van der Waals surface area contributed by atoms with Crippen molar-refractivity contribution in [2.75, 3.05) is 11.9 Å². The fourth-order valence-corrected chi connectivity index (χ4v) is 3.31. The number of aromatic nitrogens is 1. The Hall–Kier alpha value is -1.60. The highest BCUT2D eigenvalue weighted by Gasteiger charge is 2.10. The Morgan fingerprint density at radius 3 is 2.72 bits per heavy atom. The summed E-state index contributed by atoms with van der Waals surface area (Å²) in [5.74, 6) is 0.0340. The Bertz CT molecular complexity index is 900. The number of rotatable bonds is 5. The molecule has 1 heterocycles. The summed E-state index contributed by atoms with van der Waals surface area (Å²) in [6, 6.07) is 12.6. The van der Waals surface area contributed by atoms with Gasteiger partial charge in [-0.1, -0.05) is 51.3 Å². The largest absolute Gasteiger partial charge is 0.482 e. The smallest absolute Gasteiger partial charge is 0.264 e. The predicted octanol–water partition coefficient (Wildman–Crippen LogP) is 5.90. The van der Waals surface area contributed by atoms with Crippen LogP contribution in [0.5, 0.6) is 5.75 Å². The van der Waals surface area contributed by atoms with E-state index in [0.29, 0.717) is 20.9 Å². The first kappa shape index (κ1) is 18.2. The molecule has 25 heavy (non-hydrogen) atoms. The second-order valence-electron chi connectivity index (χ2n) is 4.96. The number of carbonyl (C=O) groups is 1. The van der Waals surface area contributed by atoms with Crippen LogP contribution in [0.4, 0.5) is 5.13 Å². The number of nitrogens with one attached hydrogen (secondary N) is 1. The fraction of sp³-hybridized carbons (Fsp3) is 0.0588. The number of thiazole rings is 1. The zero-order valence-electron chi connectivity index (χ0n) is 12.6. The highest BCUT2D eigenvalue weighted by atomic mass is 79.9. The number of hydrogen-bond donors (Lipinski definition) is 1. The molecule has 0 saturated carbocycles. The van der Waals surface area contributed by atoms with E-state index in [1.165, 1.54) is 11.3 Å². The predicted molar refractivity (Wildman–Crippen MR) is 106 cm³/mol. The lowest BCUT2D eigenvalue weighted by Gasteiger charge is -2.07. The van der Waals surface area contributed by atoms with Crippen LogP contribution < -0.4 is 10.1 Å². The number of nitrogens with zero attached hydrogens (tertiary/aromatic N) is 1. The SMILES string of the molecule is O=C(COc1cc(Cl)ccc1Cl)Nc1nc(-c2ccc(Br)cc2)cs1. The van der Waals surface area contributed by atoms with E-state index in [0.717, 1.165) is 15.7 Å². The van der Waals surface area contributed by atoms with E-state index in [9.17, 15) is 4.79 Å². The monoisotopic (exact) mass is 456 g/mol. The topological polar surface area (TPSA) is 51.2 Å². The van der Waals surface area contributed by atoms with Crippen molar-refractivity contribution in [1.82, 2.24) is 4.98 Å². The van der Waals surface area contributed by atoms with E-state index in [1.807, 2.05) is 29.6 Å². The molecule has 0 aliphatic rings. The summed E-state index contributed by atoms with van der Waals surface area (Å²) < 4.78 is 6.40. The Morgan fingerprint density at radius 1 is 1.20 bits per heavy atom.